The molecule has 0 amide bonds. The third-order valence-electron chi connectivity index (χ3n) is 2.81. The van der Waals surface area contributed by atoms with Crippen LogP contribution >= 0.6 is 11.9 Å². The maximum Gasteiger partial charge on any atom is 0.131 e. The summed E-state index contributed by atoms with van der Waals surface area (Å²) in [6.07, 6.45) is 2.99. The monoisotopic (exact) mass is 291 g/mol. The smallest absolute Gasteiger partial charge is 0.131 e. The molecule has 4 heteroatoms. The predicted octanol–water partition coefficient (Wildman–Crippen LogP) is 4.57. The molecule has 106 valence electrons. The second kappa shape index (κ2) is 8.04. The van der Waals surface area contributed by atoms with E-state index in [9.17, 15) is 4.39 Å². The van der Waals surface area contributed by atoms with Crippen molar-refractivity contribution in [2.75, 3.05) is 13.3 Å². The highest BCUT2D eigenvalue weighted by molar-refractivity contribution is 8.00. The molecule has 0 saturated heterocycles. The fourth-order valence-corrected chi connectivity index (χ4v) is 2.34. The van der Waals surface area contributed by atoms with Crippen LogP contribution in [0.4, 0.5) is 4.39 Å². The van der Waals surface area contributed by atoms with Gasteiger partial charge in [0.2, 0.25) is 0 Å². The van der Waals surface area contributed by atoms with Crippen molar-refractivity contribution in [3.8, 4) is 0 Å². The molecular formula is C16H18FNOS. The molecule has 0 saturated carbocycles. The highest BCUT2D eigenvalue weighted by Gasteiger charge is 2.02. The summed E-state index contributed by atoms with van der Waals surface area (Å²) in [5.41, 5.74) is 1.01. The van der Waals surface area contributed by atoms with Crippen LogP contribution in [-0.2, 0) is 4.74 Å². The lowest BCUT2D eigenvalue weighted by molar-refractivity contribution is 0.133. The minimum atomic E-state index is -0.184. The van der Waals surface area contributed by atoms with Gasteiger partial charge in [0.1, 0.15) is 12.5 Å². The van der Waals surface area contributed by atoms with Gasteiger partial charge in [-0.05, 0) is 34.9 Å². The summed E-state index contributed by atoms with van der Waals surface area (Å²) in [6.45, 7) is 3.36. The van der Waals surface area contributed by atoms with Crippen molar-refractivity contribution in [3.63, 3.8) is 0 Å². The molecule has 0 fully saturated rings. The molecule has 0 aliphatic heterocycles. The molecule has 2 aromatic carbocycles. The first-order chi connectivity index (χ1) is 9.83. The van der Waals surface area contributed by atoms with E-state index < -0.39 is 0 Å². The van der Waals surface area contributed by atoms with Gasteiger partial charge in [-0.3, -0.25) is 0 Å². The van der Waals surface area contributed by atoms with Crippen LogP contribution in [0.3, 0.4) is 0 Å². The Morgan fingerprint density at radius 2 is 2.00 bits per heavy atom. The molecule has 0 spiro atoms. The van der Waals surface area contributed by atoms with Gasteiger partial charge in [0.15, 0.2) is 0 Å². The molecule has 0 aliphatic rings. The summed E-state index contributed by atoms with van der Waals surface area (Å²) in [5, 5.41) is 3.51. The van der Waals surface area contributed by atoms with Crippen LogP contribution in [0.25, 0.3) is 16.8 Å². The topological polar surface area (TPSA) is 21.3 Å². The molecule has 0 aromatic heterocycles. The summed E-state index contributed by atoms with van der Waals surface area (Å²) < 4.78 is 22.1. The molecule has 2 aromatic rings. The predicted molar refractivity (Wildman–Crippen MR) is 84.8 cm³/mol. The lowest BCUT2D eigenvalue weighted by Gasteiger charge is -2.04. The van der Waals surface area contributed by atoms with E-state index in [1.54, 1.807) is 12.1 Å². The second-order valence-electron chi connectivity index (χ2n) is 4.30. The molecule has 0 bridgehead atoms. The Morgan fingerprint density at radius 1 is 1.20 bits per heavy atom. The van der Waals surface area contributed by atoms with E-state index >= 15 is 0 Å². The maximum absolute atomic E-state index is 13.7. The highest BCUT2D eigenvalue weighted by Crippen LogP contribution is 2.23. The van der Waals surface area contributed by atoms with Crippen LogP contribution in [-0.4, -0.2) is 13.3 Å². The van der Waals surface area contributed by atoms with Gasteiger partial charge >= 0.3 is 0 Å². The standard InChI is InChI=1S/C16H18FNOS/c1-2-10-19-12-18-20-11-9-13-7-8-16(17)15-6-4-3-5-14(13)15/h3-9,11,18H,2,10,12H2,1H3/b11-9+. The van der Waals surface area contributed by atoms with E-state index in [1.165, 1.54) is 18.0 Å². The van der Waals surface area contributed by atoms with E-state index in [4.69, 9.17) is 4.74 Å². The average Bonchev–Trinajstić information content (AvgIpc) is 2.49. The first-order valence-electron chi connectivity index (χ1n) is 6.63. The van der Waals surface area contributed by atoms with Gasteiger partial charge in [-0.1, -0.05) is 49.2 Å². The molecular weight excluding hydrogens is 273 g/mol. The third kappa shape index (κ3) is 4.07. The number of nitrogens with one attached hydrogen (secondary N) is 1. The van der Waals surface area contributed by atoms with Gasteiger partial charge in [0.25, 0.3) is 0 Å². The molecule has 20 heavy (non-hydrogen) atoms. The van der Waals surface area contributed by atoms with Crippen molar-refractivity contribution in [1.29, 1.82) is 0 Å². The Balaban J connectivity index is 1.98. The fourth-order valence-electron chi connectivity index (χ4n) is 1.88. The molecule has 0 aliphatic carbocycles. The van der Waals surface area contributed by atoms with Gasteiger partial charge < -0.3 is 4.74 Å². The molecule has 2 nitrogen and oxygen atoms in total. The molecule has 0 atom stereocenters. The van der Waals surface area contributed by atoms with E-state index in [2.05, 4.69) is 11.6 Å². The Labute approximate surface area is 123 Å². The van der Waals surface area contributed by atoms with Crippen molar-refractivity contribution in [2.45, 2.75) is 13.3 Å². The minimum Gasteiger partial charge on any atom is -0.365 e. The molecule has 0 unspecified atom stereocenters. The molecule has 0 radical (unpaired) electrons. The lowest BCUT2D eigenvalue weighted by Crippen LogP contribution is -2.08. The number of halogens is 1. The summed E-state index contributed by atoms with van der Waals surface area (Å²) in [4.78, 5) is 0. The Bertz CT molecular complexity index is 586. The summed E-state index contributed by atoms with van der Waals surface area (Å²) in [7, 11) is 0. The van der Waals surface area contributed by atoms with Crippen molar-refractivity contribution < 1.29 is 9.13 Å². The zero-order valence-electron chi connectivity index (χ0n) is 11.4. The zero-order chi connectivity index (χ0) is 14.2. The van der Waals surface area contributed by atoms with Gasteiger partial charge in [0.05, 0.1) is 0 Å². The van der Waals surface area contributed by atoms with Crippen LogP contribution in [0.15, 0.2) is 41.8 Å². The number of benzene rings is 2. The zero-order valence-corrected chi connectivity index (χ0v) is 12.3. The van der Waals surface area contributed by atoms with E-state index in [-0.39, 0.29) is 5.82 Å². The van der Waals surface area contributed by atoms with Gasteiger partial charge in [-0.15, -0.1) is 0 Å². The van der Waals surface area contributed by atoms with Gasteiger partial charge in [-0.25, -0.2) is 9.11 Å². The van der Waals surface area contributed by atoms with E-state index in [1.807, 2.05) is 29.7 Å². The Morgan fingerprint density at radius 3 is 2.80 bits per heavy atom. The molecule has 1 N–H and O–H groups in total. The van der Waals surface area contributed by atoms with Crippen LogP contribution in [0.1, 0.15) is 18.9 Å². The second-order valence-corrected chi connectivity index (χ2v) is 5.10. The summed E-state index contributed by atoms with van der Waals surface area (Å²) in [5.74, 6) is -0.184. The van der Waals surface area contributed by atoms with Crippen LogP contribution in [0.5, 0.6) is 0 Å². The maximum atomic E-state index is 13.7. The summed E-state index contributed by atoms with van der Waals surface area (Å²) >= 11 is 1.46. The van der Waals surface area contributed by atoms with Gasteiger partial charge in [-0.2, -0.15) is 0 Å². The first-order valence-corrected chi connectivity index (χ1v) is 7.51. The van der Waals surface area contributed by atoms with Crippen molar-refractivity contribution >= 4 is 28.8 Å². The van der Waals surface area contributed by atoms with Crippen LogP contribution < -0.4 is 4.72 Å². The Kier molecular flexibility index (Phi) is 6.05. The minimum absolute atomic E-state index is 0.184. The number of rotatable bonds is 7. The average molecular weight is 291 g/mol. The molecule has 0 heterocycles. The van der Waals surface area contributed by atoms with Crippen molar-refractivity contribution in [3.05, 3.63) is 53.2 Å². The normalized spacial score (nSPS) is 11.5. The van der Waals surface area contributed by atoms with Gasteiger partial charge in [0, 0.05) is 12.0 Å². The van der Waals surface area contributed by atoms with Crippen LogP contribution in [0.2, 0.25) is 0 Å². The summed E-state index contributed by atoms with van der Waals surface area (Å²) in [6, 6.07) is 10.8. The highest BCUT2D eigenvalue weighted by atomic mass is 32.2. The fraction of sp³-hybridized carbons (Fsp3) is 0.250. The first kappa shape index (κ1) is 15.0. The lowest BCUT2D eigenvalue weighted by atomic mass is 10.0. The number of hydrogen-bond acceptors (Lipinski definition) is 3. The largest absolute Gasteiger partial charge is 0.365 e. The van der Waals surface area contributed by atoms with Crippen LogP contribution in [0, 0.1) is 5.82 Å². The third-order valence-corrected chi connectivity index (χ3v) is 3.37. The number of ether oxygens (including phenoxy) is 1. The SMILES string of the molecule is CCCOCNS/C=C/c1ccc(F)c2ccccc12. The quantitative estimate of drug-likeness (QED) is 0.458. The Hall–Kier alpha value is -1.36. The van der Waals surface area contributed by atoms with E-state index in [0.717, 1.165) is 24.0 Å². The number of fused-ring (bicyclic) bond motifs is 1. The molecule has 2 rings (SSSR count). The van der Waals surface area contributed by atoms with Crippen molar-refractivity contribution in [1.82, 2.24) is 4.72 Å². The van der Waals surface area contributed by atoms with Crippen molar-refractivity contribution in [2.24, 2.45) is 0 Å². The number of hydrogen-bond donors (Lipinski definition) is 1. The van der Waals surface area contributed by atoms with E-state index in [0.29, 0.717) is 12.1 Å².